The summed E-state index contributed by atoms with van der Waals surface area (Å²) in [5, 5.41) is 5.05. The molecule has 6 rings (SSSR count). The van der Waals surface area contributed by atoms with E-state index in [1.165, 1.54) is 3.97 Å². The van der Waals surface area contributed by atoms with Crippen LogP contribution in [-0.4, -0.2) is 80.6 Å². The van der Waals surface area contributed by atoms with Crippen LogP contribution in [0.1, 0.15) is 11.1 Å². The number of hydrogen-bond acceptors (Lipinski definition) is 8. The Hall–Kier alpha value is -4.87. The van der Waals surface area contributed by atoms with Crippen LogP contribution in [0.5, 0.6) is 0 Å². The first-order valence-corrected chi connectivity index (χ1v) is 16.8. The topological polar surface area (TPSA) is 102 Å². The number of likely N-dealkylation sites (N-methyl/N-ethyl adjacent to an activating group) is 2. The minimum Gasteiger partial charge on any atom is -0.376 e. The molecule has 0 spiro atoms. The van der Waals surface area contributed by atoms with Crippen molar-refractivity contribution in [3.8, 4) is 11.3 Å². The number of H-pyrrole nitrogens is 1. The predicted molar refractivity (Wildman–Crippen MR) is 190 cm³/mol. The lowest BCUT2D eigenvalue weighted by molar-refractivity contribution is 0.416. The van der Waals surface area contributed by atoms with E-state index in [-0.39, 0.29) is 5.75 Å². The summed E-state index contributed by atoms with van der Waals surface area (Å²) in [5.41, 5.74) is 7.56. The van der Waals surface area contributed by atoms with Crippen molar-refractivity contribution < 1.29 is 8.42 Å². The summed E-state index contributed by atoms with van der Waals surface area (Å²) in [5.74, 6) is 0.152. The van der Waals surface area contributed by atoms with Gasteiger partial charge in [-0.2, -0.15) is 4.98 Å². The van der Waals surface area contributed by atoms with Gasteiger partial charge in [-0.15, -0.1) is 0 Å². The Morgan fingerprint density at radius 2 is 1.63 bits per heavy atom. The summed E-state index contributed by atoms with van der Waals surface area (Å²) in [6.45, 7) is 3.86. The second kappa shape index (κ2) is 12.5. The summed E-state index contributed by atoms with van der Waals surface area (Å²) in [4.78, 5) is 19.6. The fourth-order valence-electron chi connectivity index (χ4n) is 5.64. The number of benzene rings is 3. The Kier molecular flexibility index (Phi) is 8.45. The van der Waals surface area contributed by atoms with E-state index in [1.54, 1.807) is 12.3 Å². The van der Waals surface area contributed by atoms with Gasteiger partial charge in [0.2, 0.25) is 16.0 Å². The molecule has 11 heteroatoms. The molecule has 0 fully saturated rings. The van der Waals surface area contributed by atoms with Crippen molar-refractivity contribution in [3.63, 3.8) is 0 Å². The first kappa shape index (κ1) is 31.1. The fraction of sp³-hybridized carbons (Fsp3) is 0.257. The molecule has 0 aliphatic carbocycles. The van der Waals surface area contributed by atoms with Gasteiger partial charge in [0.05, 0.1) is 22.8 Å². The van der Waals surface area contributed by atoms with E-state index in [1.807, 2.05) is 62.8 Å². The molecule has 0 atom stereocenters. The smallest absolute Gasteiger partial charge is 0.244 e. The van der Waals surface area contributed by atoms with E-state index >= 15 is 0 Å². The third-order valence-corrected chi connectivity index (χ3v) is 9.69. The zero-order chi connectivity index (χ0) is 32.6. The van der Waals surface area contributed by atoms with Crippen LogP contribution >= 0.6 is 0 Å². The first-order chi connectivity index (χ1) is 22.0. The molecule has 0 saturated carbocycles. The molecule has 0 amide bonds. The highest BCUT2D eigenvalue weighted by Crippen LogP contribution is 2.36. The van der Waals surface area contributed by atoms with Gasteiger partial charge in [-0.3, -0.25) is 0 Å². The van der Waals surface area contributed by atoms with Crippen LogP contribution in [0.25, 0.3) is 33.2 Å². The van der Waals surface area contributed by atoms with Gasteiger partial charge in [-0.25, -0.2) is 17.4 Å². The molecule has 0 bridgehead atoms. The van der Waals surface area contributed by atoms with Gasteiger partial charge in [0.1, 0.15) is 0 Å². The molecule has 10 nitrogen and oxygen atoms in total. The lowest BCUT2D eigenvalue weighted by Crippen LogP contribution is -2.29. The molecular formula is C35H40N8O2S. The van der Waals surface area contributed by atoms with E-state index < -0.39 is 10.0 Å². The molecular weight excluding hydrogens is 597 g/mol. The Morgan fingerprint density at radius 3 is 2.37 bits per heavy atom. The Bertz CT molecular complexity index is 2120. The maximum Gasteiger partial charge on any atom is 0.244 e. The standard InChI is InChI=1S/C35H40N8O2S/c1-24-12-14-30-28(20-24)29(22-36-30)33-27-16-17-43(46(44,45)23-25-10-8-7-9-11-25)34(27)39-35(38-33)37-26-13-15-31(32(21-26)41(4)5)42(6)19-18-40(2)3/h7-17,20-22,36H,18-19,23H2,1-6H3,(H,37,38,39). The lowest BCUT2D eigenvalue weighted by atomic mass is 10.1. The van der Waals surface area contributed by atoms with Crippen LogP contribution in [0.2, 0.25) is 0 Å². The number of anilines is 4. The van der Waals surface area contributed by atoms with Gasteiger partial charge in [0.15, 0.2) is 5.65 Å². The van der Waals surface area contributed by atoms with Crippen molar-refractivity contribution >= 4 is 55.0 Å². The number of nitrogens with one attached hydrogen (secondary N) is 2. The number of aromatic amines is 1. The van der Waals surface area contributed by atoms with Crippen LogP contribution in [0.3, 0.4) is 0 Å². The van der Waals surface area contributed by atoms with Crippen molar-refractivity contribution in [2.75, 3.05) is 63.4 Å². The van der Waals surface area contributed by atoms with Crippen LogP contribution < -0.4 is 15.1 Å². The first-order valence-electron chi connectivity index (χ1n) is 15.2. The number of aryl methyl sites for hydroxylation is 1. The van der Waals surface area contributed by atoms with Crippen molar-refractivity contribution in [3.05, 3.63) is 96.3 Å². The van der Waals surface area contributed by atoms with Crippen molar-refractivity contribution in [2.45, 2.75) is 12.7 Å². The summed E-state index contributed by atoms with van der Waals surface area (Å²) < 4.78 is 28.8. The Balaban J connectivity index is 1.47. The average molecular weight is 637 g/mol. The van der Waals surface area contributed by atoms with Crippen LogP contribution in [0.15, 0.2) is 85.2 Å². The largest absolute Gasteiger partial charge is 0.376 e. The van der Waals surface area contributed by atoms with Gasteiger partial charge < -0.3 is 25.0 Å². The van der Waals surface area contributed by atoms with Gasteiger partial charge in [-0.05, 0) is 63.0 Å². The van der Waals surface area contributed by atoms with Crippen LogP contribution in [0.4, 0.5) is 23.0 Å². The molecule has 3 aromatic heterocycles. The van der Waals surface area contributed by atoms with Crippen molar-refractivity contribution in [1.82, 2.24) is 23.8 Å². The van der Waals surface area contributed by atoms with E-state index in [0.29, 0.717) is 28.2 Å². The van der Waals surface area contributed by atoms with Crippen LogP contribution in [-0.2, 0) is 15.8 Å². The lowest BCUT2D eigenvalue weighted by Gasteiger charge is -2.27. The quantitative estimate of drug-likeness (QED) is 0.177. The molecule has 0 aliphatic rings. The number of hydrogen-bond donors (Lipinski definition) is 2. The zero-order valence-corrected chi connectivity index (χ0v) is 27.9. The number of nitrogens with zero attached hydrogens (tertiary/aromatic N) is 6. The minimum absolute atomic E-state index is 0.152. The SMILES string of the molecule is Cc1ccc2[nH]cc(-c3nc(Nc4ccc(N(C)CCN(C)C)c(N(C)C)c4)nc4c3ccn4S(=O)(=O)Cc3ccccc3)c2c1. The average Bonchev–Trinajstić information content (AvgIpc) is 3.64. The van der Waals surface area contributed by atoms with Crippen molar-refractivity contribution in [1.29, 1.82) is 0 Å². The van der Waals surface area contributed by atoms with Gasteiger partial charge >= 0.3 is 0 Å². The molecule has 6 aromatic rings. The maximum atomic E-state index is 13.8. The minimum atomic E-state index is -3.79. The third-order valence-electron chi connectivity index (χ3n) is 8.10. The molecule has 238 valence electrons. The number of fused-ring (bicyclic) bond motifs is 2. The van der Waals surface area contributed by atoms with E-state index in [0.717, 1.165) is 52.2 Å². The highest BCUT2D eigenvalue weighted by atomic mass is 32.2. The third kappa shape index (κ3) is 6.29. The Morgan fingerprint density at radius 1 is 0.848 bits per heavy atom. The summed E-state index contributed by atoms with van der Waals surface area (Å²) >= 11 is 0. The second-order valence-corrected chi connectivity index (χ2v) is 14.0. The summed E-state index contributed by atoms with van der Waals surface area (Å²) in [6.07, 6.45) is 3.50. The van der Waals surface area contributed by atoms with Crippen LogP contribution in [0, 0.1) is 6.92 Å². The molecule has 0 saturated heterocycles. The normalized spacial score (nSPS) is 11.9. The maximum absolute atomic E-state index is 13.8. The Labute approximate surface area is 270 Å². The van der Waals surface area contributed by atoms with Gasteiger partial charge in [-0.1, -0.05) is 42.0 Å². The molecule has 0 radical (unpaired) electrons. The molecule has 46 heavy (non-hydrogen) atoms. The van der Waals surface area contributed by atoms with Gasteiger partial charge in [0, 0.05) is 74.2 Å². The molecule has 3 heterocycles. The highest BCUT2D eigenvalue weighted by Gasteiger charge is 2.23. The van der Waals surface area contributed by atoms with E-state index in [4.69, 9.17) is 9.97 Å². The van der Waals surface area contributed by atoms with Crippen molar-refractivity contribution in [2.24, 2.45) is 0 Å². The molecule has 0 unspecified atom stereocenters. The van der Waals surface area contributed by atoms with Gasteiger partial charge in [0.25, 0.3) is 0 Å². The predicted octanol–water partition coefficient (Wildman–Crippen LogP) is 6.07. The molecule has 3 aromatic carbocycles. The summed E-state index contributed by atoms with van der Waals surface area (Å²) in [7, 11) is 6.48. The monoisotopic (exact) mass is 636 g/mol. The van der Waals surface area contributed by atoms with E-state index in [9.17, 15) is 8.42 Å². The number of aromatic nitrogens is 4. The summed E-state index contributed by atoms with van der Waals surface area (Å²) in [6, 6.07) is 23.3. The highest BCUT2D eigenvalue weighted by molar-refractivity contribution is 7.89. The van der Waals surface area contributed by atoms with E-state index in [2.05, 4.69) is 77.3 Å². The fourth-order valence-corrected chi connectivity index (χ4v) is 7.05. The molecule has 0 aliphatic heterocycles. The molecule has 2 N–H and O–H groups in total. The zero-order valence-electron chi connectivity index (χ0n) is 27.1. The second-order valence-electron chi connectivity index (χ2n) is 12.2. The number of rotatable bonds is 11.